The van der Waals surface area contributed by atoms with Gasteiger partial charge in [0.15, 0.2) is 0 Å². The Kier molecular flexibility index (Phi) is 2.60. The molecule has 0 bridgehead atoms. The molecule has 2 nitrogen and oxygen atoms in total. The molecule has 0 aliphatic rings. The number of fused-ring (bicyclic) bond motifs is 1. The third kappa shape index (κ3) is 1.47. The van der Waals surface area contributed by atoms with E-state index in [0.717, 1.165) is 15.0 Å². The van der Waals surface area contributed by atoms with Crippen molar-refractivity contribution in [2.45, 2.75) is 20.4 Å². The lowest BCUT2D eigenvalue weighted by Gasteiger charge is -2.01. The average Bonchev–Trinajstić information content (AvgIpc) is 2.58. The normalized spacial score (nSPS) is 11.1. The van der Waals surface area contributed by atoms with Crippen molar-refractivity contribution in [3.63, 3.8) is 0 Å². The van der Waals surface area contributed by atoms with Crippen molar-refractivity contribution in [1.82, 2.24) is 4.98 Å². The van der Waals surface area contributed by atoms with E-state index in [1.165, 1.54) is 15.8 Å². The molecule has 0 amide bonds. The third-order valence-corrected chi connectivity index (χ3v) is 4.28. The zero-order valence-electron chi connectivity index (χ0n) is 8.10. The Morgan fingerprint density at radius 1 is 1.50 bits per heavy atom. The highest BCUT2D eigenvalue weighted by Crippen LogP contribution is 2.32. The van der Waals surface area contributed by atoms with Crippen LogP contribution in [0.3, 0.4) is 0 Å². The summed E-state index contributed by atoms with van der Waals surface area (Å²) in [6, 6.07) is 2.11. The summed E-state index contributed by atoms with van der Waals surface area (Å²) < 4.78 is 2.40. The second kappa shape index (κ2) is 3.61. The lowest BCUT2D eigenvalue weighted by molar-refractivity contribution is 1.05. The van der Waals surface area contributed by atoms with Crippen LogP contribution in [0.1, 0.15) is 16.1 Å². The SMILES string of the molecule is Cc1cc(Br)c(C)c2sc(CN)nc12. The van der Waals surface area contributed by atoms with Crippen LogP contribution in [0, 0.1) is 13.8 Å². The Labute approximate surface area is 95.3 Å². The van der Waals surface area contributed by atoms with E-state index in [9.17, 15) is 0 Å². The zero-order valence-corrected chi connectivity index (χ0v) is 10.5. The van der Waals surface area contributed by atoms with Crippen molar-refractivity contribution in [1.29, 1.82) is 0 Å². The molecule has 0 unspecified atom stereocenters. The fourth-order valence-electron chi connectivity index (χ4n) is 1.45. The molecule has 1 heterocycles. The second-order valence-electron chi connectivity index (χ2n) is 3.29. The van der Waals surface area contributed by atoms with Crippen molar-refractivity contribution in [3.05, 3.63) is 26.7 Å². The molecule has 4 heteroatoms. The topological polar surface area (TPSA) is 38.9 Å². The van der Waals surface area contributed by atoms with Gasteiger partial charge >= 0.3 is 0 Å². The molecule has 0 saturated carbocycles. The first-order valence-corrected chi connectivity index (χ1v) is 5.99. The number of halogens is 1. The molecule has 2 N–H and O–H groups in total. The molecule has 1 aromatic carbocycles. The van der Waals surface area contributed by atoms with Crippen molar-refractivity contribution >= 4 is 37.5 Å². The number of nitrogens with zero attached hydrogens (tertiary/aromatic N) is 1. The zero-order chi connectivity index (χ0) is 10.3. The molecule has 0 spiro atoms. The molecule has 0 atom stereocenters. The molecule has 0 fully saturated rings. The number of thiazole rings is 1. The standard InChI is InChI=1S/C10H11BrN2S/c1-5-3-7(11)6(2)10-9(5)13-8(4-12)14-10/h3H,4,12H2,1-2H3. The molecule has 0 aliphatic heterocycles. The number of hydrogen-bond donors (Lipinski definition) is 1. The van der Waals surface area contributed by atoms with E-state index in [1.807, 2.05) is 0 Å². The Bertz CT molecular complexity index is 490. The number of nitrogens with two attached hydrogens (primary N) is 1. The number of aryl methyl sites for hydroxylation is 2. The van der Waals surface area contributed by atoms with Crippen LogP contribution in [0.15, 0.2) is 10.5 Å². The number of hydrogen-bond acceptors (Lipinski definition) is 3. The van der Waals surface area contributed by atoms with Gasteiger partial charge in [-0.05, 0) is 31.0 Å². The Morgan fingerprint density at radius 3 is 2.86 bits per heavy atom. The summed E-state index contributed by atoms with van der Waals surface area (Å²) in [6.45, 7) is 4.70. The van der Waals surface area contributed by atoms with Gasteiger partial charge in [-0.15, -0.1) is 11.3 Å². The molecule has 14 heavy (non-hydrogen) atoms. The van der Waals surface area contributed by atoms with Gasteiger partial charge in [0.05, 0.1) is 10.2 Å². The van der Waals surface area contributed by atoms with E-state index < -0.39 is 0 Å². The van der Waals surface area contributed by atoms with Crippen LogP contribution in [0.2, 0.25) is 0 Å². The van der Waals surface area contributed by atoms with E-state index in [-0.39, 0.29) is 0 Å². The maximum Gasteiger partial charge on any atom is 0.107 e. The minimum Gasteiger partial charge on any atom is -0.325 e. The van der Waals surface area contributed by atoms with Crippen LogP contribution < -0.4 is 5.73 Å². The monoisotopic (exact) mass is 270 g/mol. The Hall–Kier alpha value is -0.450. The molecule has 74 valence electrons. The predicted octanol–water partition coefficient (Wildman–Crippen LogP) is 3.13. The first-order valence-electron chi connectivity index (χ1n) is 4.38. The number of aromatic nitrogens is 1. The van der Waals surface area contributed by atoms with Gasteiger partial charge in [0, 0.05) is 11.0 Å². The van der Waals surface area contributed by atoms with Crippen LogP contribution in [0.25, 0.3) is 10.2 Å². The molecule has 2 aromatic rings. The largest absolute Gasteiger partial charge is 0.325 e. The van der Waals surface area contributed by atoms with Crippen LogP contribution in [0.5, 0.6) is 0 Å². The van der Waals surface area contributed by atoms with Gasteiger partial charge in [-0.25, -0.2) is 4.98 Å². The molecule has 0 aliphatic carbocycles. The third-order valence-electron chi connectivity index (χ3n) is 2.26. The van der Waals surface area contributed by atoms with E-state index in [0.29, 0.717) is 6.54 Å². The Morgan fingerprint density at radius 2 is 2.21 bits per heavy atom. The molecule has 0 radical (unpaired) electrons. The lowest BCUT2D eigenvalue weighted by Crippen LogP contribution is -1.94. The van der Waals surface area contributed by atoms with E-state index in [1.54, 1.807) is 11.3 Å². The van der Waals surface area contributed by atoms with Crippen LogP contribution in [0.4, 0.5) is 0 Å². The maximum absolute atomic E-state index is 5.59. The smallest absolute Gasteiger partial charge is 0.107 e. The van der Waals surface area contributed by atoms with Gasteiger partial charge in [0.25, 0.3) is 0 Å². The van der Waals surface area contributed by atoms with Crippen LogP contribution in [-0.4, -0.2) is 4.98 Å². The molecule has 1 aromatic heterocycles. The summed E-state index contributed by atoms with van der Waals surface area (Å²) in [4.78, 5) is 4.51. The summed E-state index contributed by atoms with van der Waals surface area (Å²) >= 11 is 5.23. The first-order chi connectivity index (χ1) is 6.63. The summed E-state index contributed by atoms with van der Waals surface area (Å²) in [5.41, 5.74) is 9.14. The molecular weight excluding hydrogens is 260 g/mol. The van der Waals surface area contributed by atoms with Crippen molar-refractivity contribution in [2.24, 2.45) is 5.73 Å². The fourth-order valence-corrected chi connectivity index (χ4v) is 3.14. The highest BCUT2D eigenvalue weighted by molar-refractivity contribution is 9.10. The number of benzene rings is 1. The fraction of sp³-hybridized carbons (Fsp3) is 0.300. The highest BCUT2D eigenvalue weighted by atomic mass is 79.9. The van der Waals surface area contributed by atoms with Gasteiger partial charge in [0.1, 0.15) is 5.01 Å². The minimum absolute atomic E-state index is 0.524. The summed E-state index contributed by atoms with van der Waals surface area (Å²) in [6.07, 6.45) is 0. The predicted molar refractivity (Wildman–Crippen MR) is 64.7 cm³/mol. The van der Waals surface area contributed by atoms with Crippen molar-refractivity contribution in [2.75, 3.05) is 0 Å². The molecule has 2 rings (SSSR count). The van der Waals surface area contributed by atoms with Crippen LogP contribution >= 0.6 is 27.3 Å². The quantitative estimate of drug-likeness (QED) is 0.865. The summed E-state index contributed by atoms with van der Waals surface area (Å²) in [5.74, 6) is 0. The highest BCUT2D eigenvalue weighted by Gasteiger charge is 2.10. The summed E-state index contributed by atoms with van der Waals surface area (Å²) in [5, 5.41) is 1.00. The maximum atomic E-state index is 5.59. The van der Waals surface area contributed by atoms with Gasteiger partial charge in [-0.1, -0.05) is 15.9 Å². The number of rotatable bonds is 1. The average molecular weight is 271 g/mol. The van der Waals surface area contributed by atoms with Gasteiger partial charge < -0.3 is 5.73 Å². The lowest BCUT2D eigenvalue weighted by atomic mass is 10.1. The summed E-state index contributed by atoms with van der Waals surface area (Å²) in [7, 11) is 0. The molecular formula is C10H11BrN2S. The van der Waals surface area contributed by atoms with Crippen molar-refractivity contribution < 1.29 is 0 Å². The van der Waals surface area contributed by atoms with E-state index in [2.05, 4.69) is 40.8 Å². The van der Waals surface area contributed by atoms with Gasteiger partial charge in [-0.2, -0.15) is 0 Å². The van der Waals surface area contributed by atoms with E-state index >= 15 is 0 Å². The van der Waals surface area contributed by atoms with Crippen LogP contribution in [-0.2, 0) is 6.54 Å². The second-order valence-corrected chi connectivity index (χ2v) is 5.23. The van der Waals surface area contributed by atoms with Gasteiger partial charge in [0.2, 0.25) is 0 Å². The minimum atomic E-state index is 0.524. The van der Waals surface area contributed by atoms with E-state index in [4.69, 9.17) is 5.73 Å². The van der Waals surface area contributed by atoms with Gasteiger partial charge in [-0.3, -0.25) is 0 Å². The molecule has 0 saturated heterocycles. The van der Waals surface area contributed by atoms with Crippen molar-refractivity contribution in [3.8, 4) is 0 Å². The Balaban J connectivity index is 2.84. The first kappa shape index (κ1) is 10.1.